The van der Waals surface area contributed by atoms with E-state index in [2.05, 4.69) is 13.2 Å². The number of carbonyl (C=O) groups is 2. The van der Waals surface area contributed by atoms with E-state index in [9.17, 15) is 9.59 Å². The Hall–Kier alpha value is -4.45. The van der Waals surface area contributed by atoms with E-state index >= 15 is 0 Å². The topological polar surface area (TPSA) is 79.0 Å². The molecule has 176 valence electrons. The summed E-state index contributed by atoms with van der Waals surface area (Å²) in [5.74, 6) is -0.229. The second-order valence-electron chi connectivity index (χ2n) is 8.29. The lowest BCUT2D eigenvalue weighted by molar-refractivity contribution is -0.130. The molecule has 1 aliphatic rings. The summed E-state index contributed by atoms with van der Waals surface area (Å²) in [5.41, 5.74) is 7.88. The fourth-order valence-corrected chi connectivity index (χ4v) is 4.35. The molecular formula is C29H28N4O2. The molecule has 0 aromatic heterocycles. The first kappa shape index (κ1) is 23.7. The van der Waals surface area contributed by atoms with Crippen LogP contribution >= 0.6 is 0 Å². The summed E-state index contributed by atoms with van der Waals surface area (Å²) in [7, 11) is 0. The molecule has 6 heteroatoms. The molecule has 0 fully saturated rings. The van der Waals surface area contributed by atoms with Gasteiger partial charge in [-0.2, -0.15) is 0 Å². The van der Waals surface area contributed by atoms with Crippen molar-refractivity contribution in [1.29, 1.82) is 0 Å². The van der Waals surface area contributed by atoms with E-state index in [1.807, 2.05) is 66.7 Å². The zero-order chi connectivity index (χ0) is 24.8. The molecule has 2 N–H and O–H groups in total. The number of nitrogens with zero attached hydrogens (tertiary/aromatic N) is 3. The van der Waals surface area contributed by atoms with Crippen molar-refractivity contribution in [2.75, 3.05) is 13.1 Å². The standard InChI is InChI=1S/C29H28N4O2/c1-3-18-32(19-4-2)26(34)23-13-11-12-22(20-23)21-33-27(35)29(31-28(33)30,24-14-7-5-8-15-24)25-16-9-6-10-17-25/h3-17,20H,1-2,18-19,21H2,(H2,30,31). The average molecular weight is 465 g/mol. The second kappa shape index (κ2) is 10.2. The second-order valence-corrected chi connectivity index (χ2v) is 8.29. The highest BCUT2D eigenvalue weighted by Gasteiger charge is 2.50. The van der Waals surface area contributed by atoms with E-state index in [0.29, 0.717) is 18.7 Å². The molecule has 0 saturated heterocycles. The van der Waals surface area contributed by atoms with Gasteiger partial charge >= 0.3 is 0 Å². The zero-order valence-electron chi connectivity index (χ0n) is 19.5. The number of benzene rings is 3. The van der Waals surface area contributed by atoms with Crippen molar-refractivity contribution in [2.45, 2.75) is 12.1 Å². The Morgan fingerprint density at radius 1 is 0.914 bits per heavy atom. The molecule has 0 bridgehead atoms. The van der Waals surface area contributed by atoms with Crippen LogP contribution in [0.5, 0.6) is 0 Å². The van der Waals surface area contributed by atoms with E-state index in [-0.39, 0.29) is 24.3 Å². The quantitative estimate of drug-likeness (QED) is 0.484. The first-order valence-corrected chi connectivity index (χ1v) is 11.4. The summed E-state index contributed by atoms with van der Waals surface area (Å²) in [6.07, 6.45) is 3.36. The van der Waals surface area contributed by atoms with Crippen LogP contribution in [0.1, 0.15) is 27.0 Å². The van der Waals surface area contributed by atoms with Crippen LogP contribution < -0.4 is 5.73 Å². The van der Waals surface area contributed by atoms with Gasteiger partial charge in [0.1, 0.15) is 0 Å². The minimum atomic E-state index is -1.26. The van der Waals surface area contributed by atoms with Crippen LogP contribution in [0.3, 0.4) is 0 Å². The van der Waals surface area contributed by atoms with E-state index in [4.69, 9.17) is 10.7 Å². The van der Waals surface area contributed by atoms with Gasteiger partial charge in [-0.3, -0.25) is 14.5 Å². The zero-order valence-corrected chi connectivity index (χ0v) is 19.5. The fraction of sp³-hybridized carbons (Fsp3) is 0.138. The largest absolute Gasteiger partial charge is 0.369 e. The predicted octanol–water partition coefficient (Wildman–Crippen LogP) is 4.10. The van der Waals surface area contributed by atoms with E-state index in [1.54, 1.807) is 35.3 Å². The van der Waals surface area contributed by atoms with Crippen LogP contribution in [0, 0.1) is 0 Å². The molecule has 3 aromatic carbocycles. The average Bonchev–Trinajstić information content (AvgIpc) is 3.15. The normalized spacial score (nSPS) is 14.3. The minimum Gasteiger partial charge on any atom is -0.369 e. The predicted molar refractivity (Wildman–Crippen MR) is 139 cm³/mol. The van der Waals surface area contributed by atoms with Crippen molar-refractivity contribution < 1.29 is 9.59 Å². The summed E-state index contributed by atoms with van der Waals surface area (Å²) in [4.78, 5) is 34.8. The van der Waals surface area contributed by atoms with Gasteiger partial charge in [-0.1, -0.05) is 84.9 Å². The first-order valence-electron chi connectivity index (χ1n) is 11.4. The minimum absolute atomic E-state index is 0.135. The Bertz CT molecular complexity index is 1220. The SMILES string of the molecule is C=CCN(CC=C)C(=O)c1cccc(CN2C(=O)C(c3ccccc3)(c3ccccc3)N=C2N)c1. The van der Waals surface area contributed by atoms with Crippen molar-refractivity contribution >= 4 is 17.8 Å². The van der Waals surface area contributed by atoms with Crippen LogP contribution in [0.2, 0.25) is 0 Å². The molecule has 0 unspecified atom stereocenters. The highest BCUT2D eigenvalue weighted by molar-refractivity contribution is 6.09. The van der Waals surface area contributed by atoms with Gasteiger partial charge in [0.15, 0.2) is 11.5 Å². The van der Waals surface area contributed by atoms with Crippen molar-refractivity contribution in [3.8, 4) is 0 Å². The first-order chi connectivity index (χ1) is 17.0. The maximum absolute atomic E-state index is 14.0. The van der Waals surface area contributed by atoms with Gasteiger partial charge in [-0.15, -0.1) is 13.2 Å². The summed E-state index contributed by atoms with van der Waals surface area (Å²) in [6, 6.07) is 26.1. The van der Waals surface area contributed by atoms with Gasteiger partial charge in [0.25, 0.3) is 11.8 Å². The van der Waals surface area contributed by atoms with Crippen molar-refractivity contribution in [2.24, 2.45) is 10.7 Å². The van der Waals surface area contributed by atoms with Gasteiger partial charge in [-0.25, -0.2) is 4.99 Å². The molecule has 1 aliphatic heterocycles. The molecule has 2 amide bonds. The maximum Gasteiger partial charge on any atom is 0.266 e. The Balaban J connectivity index is 1.67. The molecule has 0 saturated carbocycles. The molecule has 0 atom stereocenters. The van der Waals surface area contributed by atoms with Gasteiger partial charge in [-0.05, 0) is 28.8 Å². The molecule has 3 aromatic rings. The molecule has 0 radical (unpaired) electrons. The van der Waals surface area contributed by atoms with Crippen LogP contribution in [-0.4, -0.2) is 40.7 Å². The number of amides is 2. The third kappa shape index (κ3) is 4.51. The maximum atomic E-state index is 14.0. The summed E-state index contributed by atoms with van der Waals surface area (Å²) < 4.78 is 0. The lowest BCUT2D eigenvalue weighted by atomic mass is 9.83. The number of nitrogens with two attached hydrogens (primary N) is 1. The van der Waals surface area contributed by atoms with Crippen LogP contribution in [0.15, 0.2) is 115 Å². The number of hydrogen-bond donors (Lipinski definition) is 1. The van der Waals surface area contributed by atoms with Gasteiger partial charge in [0.05, 0.1) is 6.54 Å². The van der Waals surface area contributed by atoms with Crippen molar-refractivity contribution in [1.82, 2.24) is 9.80 Å². The highest BCUT2D eigenvalue weighted by Crippen LogP contribution is 2.39. The van der Waals surface area contributed by atoms with Gasteiger partial charge in [0, 0.05) is 18.7 Å². The van der Waals surface area contributed by atoms with Crippen LogP contribution in [0.25, 0.3) is 0 Å². The number of rotatable bonds is 9. The third-order valence-electron chi connectivity index (χ3n) is 6.00. The van der Waals surface area contributed by atoms with E-state index in [0.717, 1.165) is 16.7 Å². The summed E-state index contributed by atoms with van der Waals surface area (Å²) in [5, 5.41) is 0. The number of aliphatic imine (C=N–C) groups is 1. The molecular weight excluding hydrogens is 436 g/mol. The molecule has 0 aliphatic carbocycles. The third-order valence-corrected chi connectivity index (χ3v) is 6.00. The smallest absolute Gasteiger partial charge is 0.266 e. The van der Waals surface area contributed by atoms with E-state index < -0.39 is 5.54 Å². The summed E-state index contributed by atoms with van der Waals surface area (Å²) in [6.45, 7) is 8.47. The van der Waals surface area contributed by atoms with Crippen LogP contribution in [0.4, 0.5) is 0 Å². The van der Waals surface area contributed by atoms with Gasteiger partial charge in [0.2, 0.25) is 0 Å². The Kier molecular flexibility index (Phi) is 6.92. The Morgan fingerprint density at radius 2 is 1.49 bits per heavy atom. The van der Waals surface area contributed by atoms with Gasteiger partial charge < -0.3 is 10.6 Å². The molecule has 4 rings (SSSR count). The number of guanidine groups is 1. The highest BCUT2D eigenvalue weighted by atomic mass is 16.2. The molecule has 6 nitrogen and oxygen atoms in total. The van der Waals surface area contributed by atoms with Crippen LogP contribution in [-0.2, 0) is 16.9 Å². The molecule has 35 heavy (non-hydrogen) atoms. The van der Waals surface area contributed by atoms with E-state index in [1.165, 1.54) is 4.90 Å². The Morgan fingerprint density at radius 3 is 2.03 bits per heavy atom. The number of hydrogen-bond acceptors (Lipinski definition) is 4. The molecule has 0 spiro atoms. The monoisotopic (exact) mass is 464 g/mol. The lowest BCUT2D eigenvalue weighted by Gasteiger charge is -2.27. The lowest BCUT2D eigenvalue weighted by Crippen LogP contribution is -2.43. The van der Waals surface area contributed by atoms with Crippen molar-refractivity contribution in [3.63, 3.8) is 0 Å². The number of carbonyl (C=O) groups excluding carboxylic acids is 2. The molecule has 1 heterocycles. The fourth-order valence-electron chi connectivity index (χ4n) is 4.35. The summed E-state index contributed by atoms with van der Waals surface area (Å²) >= 11 is 0. The Labute approximate surface area is 205 Å². The van der Waals surface area contributed by atoms with Crippen molar-refractivity contribution in [3.05, 3.63) is 132 Å².